The average molecular weight is 290 g/mol. The van der Waals surface area contributed by atoms with Gasteiger partial charge in [-0.2, -0.15) is 0 Å². The third kappa shape index (κ3) is 3.75. The van der Waals surface area contributed by atoms with Crippen LogP contribution in [0.2, 0.25) is 0 Å². The van der Waals surface area contributed by atoms with E-state index in [0.717, 1.165) is 37.3 Å². The van der Waals surface area contributed by atoms with E-state index >= 15 is 0 Å². The van der Waals surface area contributed by atoms with E-state index < -0.39 is 0 Å². The van der Waals surface area contributed by atoms with E-state index in [4.69, 9.17) is 4.74 Å². The van der Waals surface area contributed by atoms with Gasteiger partial charge in [0, 0.05) is 12.6 Å². The highest BCUT2D eigenvalue weighted by Crippen LogP contribution is 2.21. The Bertz CT molecular complexity index is 556. The fraction of sp³-hybridized carbons (Fsp3) is 0.571. The molecule has 0 aromatic carbocycles. The van der Waals surface area contributed by atoms with Crippen LogP contribution >= 0.6 is 0 Å². The van der Waals surface area contributed by atoms with Gasteiger partial charge in [0.05, 0.1) is 30.7 Å². The van der Waals surface area contributed by atoms with Crippen molar-refractivity contribution < 1.29 is 4.74 Å². The molecular formula is C14H22N6O. The first-order valence-corrected chi connectivity index (χ1v) is 7.27. The molecule has 0 saturated carbocycles. The molecule has 0 amide bonds. The number of aryl methyl sites for hydroxylation is 1. The minimum absolute atomic E-state index is 0.0663. The molecule has 2 aromatic rings. The van der Waals surface area contributed by atoms with Crippen LogP contribution in [0.25, 0.3) is 0 Å². The van der Waals surface area contributed by atoms with E-state index in [2.05, 4.69) is 39.4 Å². The van der Waals surface area contributed by atoms with E-state index in [-0.39, 0.29) is 6.04 Å². The zero-order valence-electron chi connectivity index (χ0n) is 12.8. The fourth-order valence-electron chi connectivity index (χ4n) is 2.15. The summed E-state index contributed by atoms with van der Waals surface area (Å²) in [6.07, 6.45) is 5.35. The average Bonchev–Trinajstić information content (AvgIpc) is 2.97. The van der Waals surface area contributed by atoms with E-state index in [1.165, 1.54) is 6.33 Å². The maximum atomic E-state index is 5.19. The van der Waals surface area contributed by atoms with Crippen molar-refractivity contribution in [2.75, 3.05) is 13.7 Å². The Kier molecular flexibility index (Phi) is 5.62. The molecule has 0 saturated heterocycles. The second-order valence-electron chi connectivity index (χ2n) is 4.75. The summed E-state index contributed by atoms with van der Waals surface area (Å²) in [6.45, 7) is 5.97. The molecule has 114 valence electrons. The molecule has 0 bridgehead atoms. The topological polar surface area (TPSA) is 77.8 Å². The Hall–Kier alpha value is -2.02. The molecule has 0 aliphatic carbocycles. The van der Waals surface area contributed by atoms with Crippen molar-refractivity contribution in [2.24, 2.45) is 0 Å². The van der Waals surface area contributed by atoms with E-state index in [1.54, 1.807) is 13.3 Å². The van der Waals surface area contributed by atoms with Crippen LogP contribution in [0.4, 0.5) is 0 Å². The number of rotatable bonds is 8. The predicted octanol–water partition coefficient (Wildman–Crippen LogP) is 1.58. The molecule has 7 heteroatoms. The lowest BCUT2D eigenvalue weighted by Crippen LogP contribution is -2.26. The van der Waals surface area contributed by atoms with Crippen LogP contribution in [0.15, 0.2) is 18.6 Å². The van der Waals surface area contributed by atoms with Crippen molar-refractivity contribution in [3.8, 4) is 5.88 Å². The van der Waals surface area contributed by atoms with Crippen LogP contribution < -0.4 is 10.1 Å². The molecule has 2 aromatic heterocycles. The summed E-state index contributed by atoms with van der Waals surface area (Å²) in [5.74, 6) is 0.554. The van der Waals surface area contributed by atoms with Crippen LogP contribution in [0, 0.1) is 0 Å². The van der Waals surface area contributed by atoms with Crippen molar-refractivity contribution in [1.29, 1.82) is 0 Å². The number of aromatic nitrogens is 5. The number of hydrogen-bond acceptors (Lipinski definition) is 6. The molecule has 2 rings (SSSR count). The highest BCUT2D eigenvalue weighted by molar-refractivity contribution is 5.23. The Labute approximate surface area is 124 Å². The predicted molar refractivity (Wildman–Crippen MR) is 79.0 cm³/mol. The molecule has 1 atom stereocenters. The van der Waals surface area contributed by atoms with Crippen molar-refractivity contribution in [1.82, 2.24) is 30.3 Å². The normalized spacial score (nSPS) is 12.3. The molecule has 21 heavy (non-hydrogen) atoms. The minimum atomic E-state index is -0.0663. The first kappa shape index (κ1) is 15.4. The van der Waals surface area contributed by atoms with Crippen molar-refractivity contribution in [2.45, 2.75) is 39.3 Å². The van der Waals surface area contributed by atoms with Crippen LogP contribution in [0.3, 0.4) is 0 Å². The van der Waals surface area contributed by atoms with Gasteiger partial charge in [-0.3, -0.25) is 0 Å². The summed E-state index contributed by atoms with van der Waals surface area (Å²) in [5.41, 5.74) is 1.86. The Balaban J connectivity index is 2.34. The minimum Gasteiger partial charge on any atom is -0.481 e. The Morgan fingerprint density at radius 1 is 1.29 bits per heavy atom. The zero-order valence-corrected chi connectivity index (χ0v) is 12.8. The highest BCUT2D eigenvalue weighted by atomic mass is 16.5. The van der Waals surface area contributed by atoms with Gasteiger partial charge >= 0.3 is 0 Å². The lowest BCUT2D eigenvalue weighted by atomic mass is 10.1. The summed E-state index contributed by atoms with van der Waals surface area (Å²) in [5, 5.41) is 11.7. The second kappa shape index (κ2) is 7.68. The largest absolute Gasteiger partial charge is 0.481 e. The van der Waals surface area contributed by atoms with Crippen LogP contribution in [0.5, 0.6) is 5.88 Å². The fourth-order valence-corrected chi connectivity index (χ4v) is 2.15. The van der Waals surface area contributed by atoms with Crippen molar-refractivity contribution in [3.05, 3.63) is 30.0 Å². The summed E-state index contributed by atoms with van der Waals surface area (Å²) in [7, 11) is 1.60. The summed E-state index contributed by atoms with van der Waals surface area (Å²) in [6, 6.07) is 1.78. The maximum absolute atomic E-state index is 5.19. The van der Waals surface area contributed by atoms with Gasteiger partial charge in [-0.25, -0.2) is 14.6 Å². The lowest BCUT2D eigenvalue weighted by molar-refractivity contribution is 0.394. The molecule has 0 aliphatic rings. The molecule has 1 N–H and O–H groups in total. The lowest BCUT2D eigenvalue weighted by Gasteiger charge is -2.19. The molecular weight excluding hydrogens is 268 g/mol. The summed E-state index contributed by atoms with van der Waals surface area (Å²) < 4.78 is 7.11. The molecule has 0 fully saturated rings. The SMILES string of the molecule is CCCNC(c1cc(OC)ncn1)c1cnnn1CCC. The molecule has 0 radical (unpaired) electrons. The van der Waals surface area contributed by atoms with Gasteiger partial charge in [-0.05, 0) is 19.4 Å². The zero-order chi connectivity index (χ0) is 15.1. The quantitative estimate of drug-likeness (QED) is 0.795. The number of nitrogens with zero attached hydrogens (tertiary/aromatic N) is 5. The summed E-state index contributed by atoms with van der Waals surface area (Å²) in [4.78, 5) is 8.44. The number of methoxy groups -OCH3 is 1. The molecule has 0 spiro atoms. The van der Waals surface area contributed by atoms with Gasteiger partial charge < -0.3 is 10.1 Å². The van der Waals surface area contributed by atoms with Gasteiger partial charge in [0.15, 0.2) is 0 Å². The second-order valence-corrected chi connectivity index (χ2v) is 4.75. The number of hydrogen-bond donors (Lipinski definition) is 1. The first-order valence-electron chi connectivity index (χ1n) is 7.27. The Morgan fingerprint density at radius 3 is 2.86 bits per heavy atom. The van der Waals surface area contributed by atoms with Gasteiger partial charge in [0.1, 0.15) is 6.33 Å². The van der Waals surface area contributed by atoms with Crippen LogP contribution in [-0.2, 0) is 6.54 Å². The van der Waals surface area contributed by atoms with Crippen molar-refractivity contribution >= 4 is 0 Å². The number of nitrogens with one attached hydrogen (secondary N) is 1. The van der Waals surface area contributed by atoms with Crippen LogP contribution in [-0.4, -0.2) is 38.6 Å². The Morgan fingerprint density at radius 2 is 2.14 bits per heavy atom. The van der Waals surface area contributed by atoms with Gasteiger partial charge in [-0.15, -0.1) is 5.10 Å². The first-order chi connectivity index (χ1) is 10.3. The molecule has 0 aliphatic heterocycles. The smallest absolute Gasteiger partial charge is 0.216 e. The van der Waals surface area contributed by atoms with Gasteiger partial charge in [-0.1, -0.05) is 19.1 Å². The molecule has 1 unspecified atom stereocenters. The van der Waals surface area contributed by atoms with E-state index in [1.807, 2.05) is 10.7 Å². The van der Waals surface area contributed by atoms with E-state index in [0.29, 0.717) is 5.88 Å². The van der Waals surface area contributed by atoms with Gasteiger partial charge in [0.2, 0.25) is 5.88 Å². The van der Waals surface area contributed by atoms with Gasteiger partial charge in [0.25, 0.3) is 0 Å². The highest BCUT2D eigenvalue weighted by Gasteiger charge is 2.20. The van der Waals surface area contributed by atoms with Crippen molar-refractivity contribution in [3.63, 3.8) is 0 Å². The molecule has 2 heterocycles. The van der Waals surface area contributed by atoms with E-state index in [9.17, 15) is 0 Å². The molecule has 7 nitrogen and oxygen atoms in total. The summed E-state index contributed by atoms with van der Waals surface area (Å²) >= 11 is 0. The standard InChI is InChI=1S/C14H22N6O/c1-4-6-15-14(11-8-13(21-3)17-10-16-11)12-9-18-19-20(12)7-5-2/h8-10,14-15H,4-7H2,1-3H3. The maximum Gasteiger partial charge on any atom is 0.216 e. The number of ether oxygens (including phenoxy) is 1. The van der Waals surface area contributed by atoms with Crippen LogP contribution in [0.1, 0.15) is 44.1 Å². The third-order valence-electron chi connectivity index (χ3n) is 3.15. The third-order valence-corrected chi connectivity index (χ3v) is 3.15. The monoisotopic (exact) mass is 290 g/mol.